The summed E-state index contributed by atoms with van der Waals surface area (Å²) in [6.45, 7) is 6.94. The Kier molecular flexibility index (Phi) is 13.5. The van der Waals surface area contributed by atoms with Gasteiger partial charge in [-0.1, -0.05) is 0 Å². The molecule has 0 spiro atoms. The van der Waals surface area contributed by atoms with Crippen LogP contribution in [0.1, 0.15) is 42.4 Å². The van der Waals surface area contributed by atoms with E-state index in [0.29, 0.717) is 30.7 Å². The van der Waals surface area contributed by atoms with Crippen LogP contribution < -0.4 is 15.5 Å². The molecule has 14 nitrogen and oxygen atoms in total. The van der Waals surface area contributed by atoms with Gasteiger partial charge in [0.25, 0.3) is 5.91 Å². The van der Waals surface area contributed by atoms with E-state index in [4.69, 9.17) is 14.2 Å². The maximum atomic E-state index is 14.0. The number of carbonyl (C=O) groups excluding carboxylic acids is 2. The molecule has 0 aliphatic carbocycles. The lowest BCUT2D eigenvalue weighted by atomic mass is 10.1. The number of nitrogens with one attached hydrogen (secondary N) is 2. The van der Waals surface area contributed by atoms with Gasteiger partial charge in [-0.15, -0.1) is 5.10 Å². The Morgan fingerprint density at radius 3 is 2.41 bits per heavy atom. The summed E-state index contributed by atoms with van der Waals surface area (Å²) in [4.78, 5) is 30.8. The Labute approximate surface area is 297 Å². The average Bonchev–Trinajstić information content (AvgIpc) is 3.43. The van der Waals surface area contributed by atoms with Crippen molar-refractivity contribution in [2.45, 2.75) is 50.7 Å². The topological polar surface area (TPSA) is 148 Å². The molecular formula is C34H47F2N7O7S. The average molecular weight is 736 g/mol. The van der Waals surface area contributed by atoms with E-state index < -0.39 is 38.6 Å². The first-order chi connectivity index (χ1) is 24.2. The molecule has 2 aromatic carbocycles. The number of methoxy groups -OCH3 is 1. The SMILES string of the molecule is CCOCCOC(=O)n1nc(NC(=O)c2ccc(N(C)C[C@@H](C)N(C)C)cc2NC(C)COC)c2c1CCN(S(=O)(=O)c1cc(F)cc(F)c1)C2. The van der Waals surface area contributed by atoms with Crippen molar-refractivity contribution in [1.29, 1.82) is 0 Å². The first-order valence-electron chi connectivity index (χ1n) is 16.6. The Bertz CT molecular complexity index is 1780. The fraction of sp³-hybridized carbons (Fsp3) is 0.500. The molecule has 1 unspecified atom stereocenters. The predicted octanol–water partition coefficient (Wildman–Crippen LogP) is 4.01. The first kappa shape index (κ1) is 39.6. The lowest BCUT2D eigenvalue weighted by molar-refractivity contribution is 0.0777. The molecule has 1 amide bonds. The zero-order valence-electron chi connectivity index (χ0n) is 30.0. The van der Waals surface area contributed by atoms with Crippen molar-refractivity contribution in [1.82, 2.24) is 19.0 Å². The summed E-state index contributed by atoms with van der Waals surface area (Å²) in [5, 5.41) is 10.5. The van der Waals surface area contributed by atoms with Gasteiger partial charge in [-0.3, -0.25) is 4.79 Å². The van der Waals surface area contributed by atoms with E-state index in [2.05, 4.69) is 32.5 Å². The van der Waals surface area contributed by atoms with E-state index in [1.54, 1.807) is 20.1 Å². The third-order valence-electron chi connectivity index (χ3n) is 8.49. The minimum absolute atomic E-state index is 0.0104. The molecule has 1 aliphatic rings. The predicted molar refractivity (Wildman–Crippen MR) is 189 cm³/mol. The van der Waals surface area contributed by atoms with Gasteiger partial charge in [0, 0.05) is 81.9 Å². The molecule has 3 aromatic rings. The molecule has 0 fully saturated rings. The summed E-state index contributed by atoms with van der Waals surface area (Å²) in [6.07, 6.45) is -0.853. The Hall–Kier alpha value is -4.16. The maximum absolute atomic E-state index is 14.0. The van der Waals surface area contributed by atoms with Crippen LogP contribution in [0.4, 0.5) is 30.8 Å². The minimum atomic E-state index is -4.39. The summed E-state index contributed by atoms with van der Waals surface area (Å²) >= 11 is 0. The zero-order valence-corrected chi connectivity index (χ0v) is 30.9. The lowest BCUT2D eigenvalue weighted by Crippen LogP contribution is -2.37. The van der Waals surface area contributed by atoms with Crippen molar-refractivity contribution in [2.75, 3.05) is 83.3 Å². The monoisotopic (exact) mass is 735 g/mol. The number of amides is 1. The smallest absolute Gasteiger partial charge is 0.435 e. The van der Waals surface area contributed by atoms with Crippen LogP contribution in [0, 0.1) is 11.6 Å². The van der Waals surface area contributed by atoms with Crippen LogP contribution in [0.15, 0.2) is 41.3 Å². The van der Waals surface area contributed by atoms with Gasteiger partial charge < -0.3 is 34.6 Å². The highest BCUT2D eigenvalue weighted by atomic mass is 32.2. The largest absolute Gasteiger partial charge is 0.445 e. The van der Waals surface area contributed by atoms with E-state index in [-0.39, 0.29) is 61.8 Å². The highest BCUT2D eigenvalue weighted by molar-refractivity contribution is 7.89. The summed E-state index contributed by atoms with van der Waals surface area (Å²) in [6, 6.07) is 7.47. The van der Waals surface area contributed by atoms with Gasteiger partial charge in [0.05, 0.1) is 29.4 Å². The Morgan fingerprint density at radius 2 is 1.76 bits per heavy atom. The second-order valence-corrected chi connectivity index (χ2v) is 14.5. The zero-order chi connectivity index (χ0) is 37.5. The lowest BCUT2D eigenvalue weighted by Gasteiger charge is -2.28. The van der Waals surface area contributed by atoms with E-state index >= 15 is 0 Å². The van der Waals surface area contributed by atoms with Crippen molar-refractivity contribution < 1.29 is 41.0 Å². The van der Waals surface area contributed by atoms with Crippen LogP contribution >= 0.6 is 0 Å². The third kappa shape index (κ3) is 9.79. The molecule has 1 aromatic heterocycles. The summed E-state index contributed by atoms with van der Waals surface area (Å²) in [5.74, 6) is -2.74. The molecule has 51 heavy (non-hydrogen) atoms. The van der Waals surface area contributed by atoms with Gasteiger partial charge in [-0.2, -0.15) is 8.99 Å². The Balaban J connectivity index is 1.71. The standard InChI is InChI=1S/C34H47F2N7O7S/c1-8-49-13-14-50-34(45)43-31-11-12-42(51(46,47)27-16-24(35)15-25(36)17-27)20-29(31)32(39-43)38-33(44)28-10-9-26(41(6)19-23(3)40(4)5)18-30(28)37-22(2)21-48-7/h9-10,15-18,22-23,37H,8,11-14,19-21H2,1-7H3,(H,38,39,44)/t22?,23-/m1/s1. The molecule has 0 bridgehead atoms. The van der Waals surface area contributed by atoms with Crippen LogP contribution in [0.3, 0.4) is 0 Å². The maximum Gasteiger partial charge on any atom is 0.435 e. The van der Waals surface area contributed by atoms with Gasteiger partial charge in [0.1, 0.15) is 18.2 Å². The van der Waals surface area contributed by atoms with E-state index in [1.807, 2.05) is 40.2 Å². The summed E-state index contributed by atoms with van der Waals surface area (Å²) < 4.78 is 73.0. The summed E-state index contributed by atoms with van der Waals surface area (Å²) in [7, 11) is 3.15. The highest BCUT2D eigenvalue weighted by Crippen LogP contribution is 2.32. The first-order valence-corrected chi connectivity index (χ1v) is 18.0. The third-order valence-corrected chi connectivity index (χ3v) is 10.3. The van der Waals surface area contributed by atoms with E-state index in [9.17, 15) is 26.8 Å². The number of sulfonamides is 1. The van der Waals surface area contributed by atoms with Gasteiger partial charge in [-0.05, 0) is 65.2 Å². The van der Waals surface area contributed by atoms with Crippen molar-refractivity contribution >= 4 is 39.2 Å². The molecule has 280 valence electrons. The Morgan fingerprint density at radius 1 is 1.06 bits per heavy atom. The van der Waals surface area contributed by atoms with Crippen molar-refractivity contribution in [3.8, 4) is 0 Å². The van der Waals surface area contributed by atoms with Gasteiger partial charge in [-0.25, -0.2) is 22.0 Å². The van der Waals surface area contributed by atoms with E-state index in [1.165, 1.54) is 0 Å². The highest BCUT2D eigenvalue weighted by Gasteiger charge is 2.35. The minimum Gasteiger partial charge on any atom is -0.445 e. The normalized spacial score (nSPS) is 14.5. The molecule has 17 heteroatoms. The number of nitrogens with zero attached hydrogens (tertiary/aromatic N) is 5. The molecule has 2 atom stereocenters. The number of anilines is 3. The molecule has 2 heterocycles. The van der Waals surface area contributed by atoms with Crippen molar-refractivity contribution in [3.63, 3.8) is 0 Å². The molecule has 2 N–H and O–H groups in total. The molecule has 0 saturated heterocycles. The molecule has 4 rings (SSSR count). The van der Waals surface area contributed by atoms with Crippen LogP contribution in [0.25, 0.3) is 0 Å². The number of rotatable bonds is 16. The quantitative estimate of drug-likeness (QED) is 0.206. The van der Waals surface area contributed by atoms with Crippen molar-refractivity contribution in [2.24, 2.45) is 0 Å². The van der Waals surface area contributed by atoms with Crippen LogP contribution in [-0.4, -0.2) is 119 Å². The second kappa shape index (κ2) is 17.4. The molecule has 1 aliphatic heterocycles. The summed E-state index contributed by atoms with van der Waals surface area (Å²) in [5.41, 5.74) is 2.18. The molecule has 0 saturated carbocycles. The van der Waals surface area contributed by atoms with Crippen LogP contribution in [-0.2, 0) is 37.2 Å². The van der Waals surface area contributed by atoms with Gasteiger partial charge >= 0.3 is 6.09 Å². The number of halogens is 2. The second-order valence-electron chi connectivity index (χ2n) is 12.6. The molecular weight excluding hydrogens is 688 g/mol. The number of ether oxygens (including phenoxy) is 3. The van der Waals surface area contributed by atoms with Gasteiger partial charge in [0.15, 0.2) is 5.82 Å². The number of aromatic nitrogens is 2. The van der Waals surface area contributed by atoms with Crippen molar-refractivity contribution in [3.05, 3.63) is 64.9 Å². The fourth-order valence-electron chi connectivity index (χ4n) is 5.55. The number of hydrogen-bond donors (Lipinski definition) is 2. The fourth-order valence-corrected chi connectivity index (χ4v) is 7.01. The van der Waals surface area contributed by atoms with E-state index in [0.717, 1.165) is 33.4 Å². The number of fused-ring (bicyclic) bond motifs is 1. The molecule has 0 radical (unpaired) electrons. The number of hydrogen-bond acceptors (Lipinski definition) is 11. The number of carbonyl (C=O) groups is 2. The number of likely N-dealkylation sites (N-methyl/N-ethyl adjacent to an activating group) is 2. The number of benzene rings is 2. The van der Waals surface area contributed by atoms with Gasteiger partial charge in [0.2, 0.25) is 10.0 Å². The van der Waals surface area contributed by atoms with Crippen LogP contribution in [0.5, 0.6) is 0 Å². The van der Waals surface area contributed by atoms with Crippen LogP contribution in [0.2, 0.25) is 0 Å².